The van der Waals surface area contributed by atoms with Crippen LogP contribution in [0.5, 0.6) is 0 Å². The topological polar surface area (TPSA) is 102 Å². The predicted octanol–water partition coefficient (Wildman–Crippen LogP) is 0.936. The zero-order valence-electron chi connectivity index (χ0n) is 9.11. The lowest BCUT2D eigenvalue weighted by Gasteiger charge is -2.04. The second-order valence-corrected chi connectivity index (χ2v) is 3.21. The second-order valence-electron chi connectivity index (χ2n) is 3.21. The van der Waals surface area contributed by atoms with Gasteiger partial charge in [0.2, 0.25) is 5.43 Å². The number of aromatic nitrogens is 1. The van der Waals surface area contributed by atoms with Crippen molar-refractivity contribution in [2.45, 2.75) is 12.8 Å². The van der Waals surface area contributed by atoms with Crippen LogP contribution < -0.4 is 5.43 Å². The Morgan fingerprint density at radius 3 is 2.67 bits per heavy atom. The molecule has 1 aromatic rings. The molecule has 0 unspecified atom stereocenters. The van der Waals surface area contributed by atoms with E-state index in [1.54, 1.807) is 0 Å². The minimum Gasteiger partial charge on any atom is -0.469 e. The Morgan fingerprint density at radius 2 is 2.22 bits per heavy atom. The van der Waals surface area contributed by atoms with Gasteiger partial charge in [-0.15, -0.1) is 0 Å². The standard InChI is InChI=1S/C9H8F2N2O5/c1-18-6(14)2-4-7(15)5(8(10)11)3-12-9(4)13(16)17/h3,8H,2H2,1H3,(H,12,15). The number of methoxy groups -OCH3 is 1. The number of ether oxygens (including phenoxy) is 1. The van der Waals surface area contributed by atoms with E-state index in [1.165, 1.54) is 0 Å². The Labute approximate surface area is 98.5 Å². The fourth-order valence-corrected chi connectivity index (χ4v) is 1.29. The van der Waals surface area contributed by atoms with Crippen molar-refractivity contribution in [2.24, 2.45) is 0 Å². The lowest BCUT2D eigenvalue weighted by molar-refractivity contribution is -0.390. The molecule has 1 rings (SSSR count). The van der Waals surface area contributed by atoms with E-state index >= 15 is 0 Å². The minimum absolute atomic E-state index is 0.561. The van der Waals surface area contributed by atoms with Crippen LogP contribution in [0.1, 0.15) is 17.6 Å². The van der Waals surface area contributed by atoms with Gasteiger partial charge in [-0.1, -0.05) is 0 Å². The van der Waals surface area contributed by atoms with Crippen molar-refractivity contribution in [2.75, 3.05) is 7.11 Å². The highest BCUT2D eigenvalue weighted by Gasteiger charge is 2.25. The third kappa shape index (κ3) is 2.67. The van der Waals surface area contributed by atoms with Crippen molar-refractivity contribution >= 4 is 11.8 Å². The third-order valence-corrected chi connectivity index (χ3v) is 2.15. The zero-order chi connectivity index (χ0) is 13.9. The second kappa shape index (κ2) is 5.34. The molecule has 18 heavy (non-hydrogen) atoms. The number of aromatic amines is 1. The fraction of sp³-hybridized carbons (Fsp3) is 0.333. The van der Waals surface area contributed by atoms with Crippen molar-refractivity contribution in [1.29, 1.82) is 0 Å². The first-order valence-corrected chi connectivity index (χ1v) is 4.62. The molecule has 7 nitrogen and oxygen atoms in total. The molecule has 0 saturated carbocycles. The van der Waals surface area contributed by atoms with Crippen LogP contribution >= 0.6 is 0 Å². The quantitative estimate of drug-likeness (QED) is 0.494. The first-order valence-electron chi connectivity index (χ1n) is 4.62. The number of H-pyrrole nitrogens is 1. The van der Waals surface area contributed by atoms with E-state index in [0.717, 1.165) is 7.11 Å². The summed E-state index contributed by atoms with van der Waals surface area (Å²) >= 11 is 0. The molecule has 0 spiro atoms. The van der Waals surface area contributed by atoms with Crippen LogP contribution in [0.4, 0.5) is 14.6 Å². The largest absolute Gasteiger partial charge is 0.469 e. The molecule has 1 N–H and O–H groups in total. The van der Waals surface area contributed by atoms with Crippen LogP contribution in [0.15, 0.2) is 11.0 Å². The first kappa shape index (κ1) is 13.7. The van der Waals surface area contributed by atoms with Crippen LogP contribution in [0.25, 0.3) is 0 Å². The normalized spacial score (nSPS) is 10.4. The van der Waals surface area contributed by atoms with E-state index in [9.17, 15) is 28.5 Å². The molecule has 0 fully saturated rings. The van der Waals surface area contributed by atoms with Gasteiger partial charge in [0.1, 0.15) is 17.3 Å². The van der Waals surface area contributed by atoms with Crippen molar-refractivity contribution in [3.05, 3.63) is 37.7 Å². The predicted molar refractivity (Wildman–Crippen MR) is 54.4 cm³/mol. The molecule has 1 heterocycles. The molecule has 0 aromatic carbocycles. The van der Waals surface area contributed by atoms with Gasteiger partial charge in [-0.3, -0.25) is 9.59 Å². The van der Waals surface area contributed by atoms with Gasteiger partial charge in [0.15, 0.2) is 0 Å². The summed E-state index contributed by atoms with van der Waals surface area (Å²) < 4.78 is 29.2. The number of nitrogens with zero attached hydrogens (tertiary/aromatic N) is 1. The lowest BCUT2D eigenvalue weighted by atomic mass is 10.1. The van der Waals surface area contributed by atoms with Crippen molar-refractivity contribution in [1.82, 2.24) is 4.98 Å². The number of carbonyl (C=O) groups is 1. The summed E-state index contributed by atoms with van der Waals surface area (Å²) in [5.41, 5.74) is -2.81. The average molecular weight is 262 g/mol. The van der Waals surface area contributed by atoms with Crippen LogP contribution in [-0.4, -0.2) is 23.0 Å². The highest BCUT2D eigenvalue weighted by atomic mass is 19.3. The van der Waals surface area contributed by atoms with Gasteiger partial charge in [-0.25, -0.2) is 13.8 Å². The van der Waals surface area contributed by atoms with Gasteiger partial charge in [0.05, 0.1) is 13.5 Å². The number of halogens is 2. The van der Waals surface area contributed by atoms with E-state index in [4.69, 9.17) is 0 Å². The maximum absolute atomic E-state index is 12.5. The van der Waals surface area contributed by atoms with Crippen LogP contribution in [0.2, 0.25) is 0 Å². The minimum atomic E-state index is -3.09. The van der Waals surface area contributed by atoms with Gasteiger partial charge in [0, 0.05) is 0 Å². The number of alkyl halides is 2. The molecule has 0 radical (unpaired) electrons. The van der Waals surface area contributed by atoms with Gasteiger partial charge >= 0.3 is 11.8 Å². The Kier molecular flexibility index (Phi) is 4.08. The monoisotopic (exact) mass is 262 g/mol. The summed E-state index contributed by atoms with van der Waals surface area (Å²) in [6, 6.07) is 0. The molecule has 0 aliphatic rings. The van der Waals surface area contributed by atoms with E-state index in [-0.39, 0.29) is 0 Å². The van der Waals surface area contributed by atoms with Crippen LogP contribution in [0.3, 0.4) is 0 Å². The third-order valence-electron chi connectivity index (χ3n) is 2.15. The summed E-state index contributed by atoms with van der Waals surface area (Å²) in [5.74, 6) is -1.73. The molecule has 0 amide bonds. The zero-order valence-corrected chi connectivity index (χ0v) is 9.11. The molecule has 98 valence electrons. The van der Waals surface area contributed by atoms with E-state index in [2.05, 4.69) is 4.74 Å². The number of nitro groups is 1. The van der Waals surface area contributed by atoms with Crippen molar-refractivity contribution in [3.63, 3.8) is 0 Å². The molecule has 0 bridgehead atoms. The van der Waals surface area contributed by atoms with Crippen LogP contribution in [0, 0.1) is 10.1 Å². The molecule has 0 atom stereocenters. The summed E-state index contributed by atoms with van der Waals surface area (Å²) in [7, 11) is 1.01. The summed E-state index contributed by atoms with van der Waals surface area (Å²) in [6.45, 7) is 0. The van der Waals surface area contributed by atoms with Gasteiger partial charge in [-0.2, -0.15) is 0 Å². The molecule has 0 aliphatic heterocycles. The molecule has 1 aromatic heterocycles. The number of pyridine rings is 1. The molecule has 9 heteroatoms. The number of hydrogen-bond donors (Lipinski definition) is 1. The Hall–Kier alpha value is -2.32. The SMILES string of the molecule is COC(=O)Cc1c([N+](=O)[O-])[nH]cc(C(F)F)c1=O. The first-order chi connectivity index (χ1) is 8.38. The van der Waals surface area contributed by atoms with E-state index in [0.29, 0.717) is 6.20 Å². The average Bonchev–Trinajstić information content (AvgIpc) is 2.30. The van der Waals surface area contributed by atoms with Gasteiger partial charge in [-0.05, 0) is 4.92 Å². The van der Waals surface area contributed by atoms with Gasteiger partial charge < -0.3 is 14.9 Å². The number of carbonyl (C=O) groups excluding carboxylic acids is 1. The highest BCUT2D eigenvalue weighted by molar-refractivity contribution is 5.73. The highest BCUT2D eigenvalue weighted by Crippen LogP contribution is 2.19. The summed E-state index contributed by atoms with van der Waals surface area (Å²) in [4.78, 5) is 34.2. The maximum Gasteiger partial charge on any atom is 0.328 e. The number of nitrogens with one attached hydrogen (secondary N) is 1. The van der Waals surface area contributed by atoms with Crippen molar-refractivity contribution in [3.8, 4) is 0 Å². The lowest BCUT2D eigenvalue weighted by Crippen LogP contribution is -2.21. The number of hydrogen-bond acceptors (Lipinski definition) is 5. The molecular formula is C9H8F2N2O5. The van der Waals surface area contributed by atoms with Crippen LogP contribution in [-0.2, 0) is 16.0 Å². The van der Waals surface area contributed by atoms with Crippen molar-refractivity contribution < 1.29 is 23.2 Å². The fourth-order valence-electron chi connectivity index (χ4n) is 1.29. The molecule has 0 saturated heterocycles. The number of esters is 1. The molecule has 0 aliphatic carbocycles. The number of rotatable bonds is 4. The van der Waals surface area contributed by atoms with Gasteiger partial charge in [0.25, 0.3) is 6.43 Å². The summed E-state index contributed by atoms with van der Waals surface area (Å²) in [5, 5.41) is 10.6. The Balaban J connectivity index is 3.41. The maximum atomic E-state index is 12.5. The Morgan fingerprint density at radius 1 is 1.61 bits per heavy atom. The van der Waals surface area contributed by atoms with E-state index < -0.39 is 46.1 Å². The Bertz CT molecular complexity index is 540. The van der Waals surface area contributed by atoms with E-state index in [1.807, 2.05) is 4.98 Å². The molecular weight excluding hydrogens is 254 g/mol. The smallest absolute Gasteiger partial charge is 0.328 e. The summed E-state index contributed by atoms with van der Waals surface area (Å²) in [6.07, 6.45) is -3.28.